The van der Waals surface area contributed by atoms with Crippen LogP contribution in [-0.2, 0) is 9.59 Å². The van der Waals surface area contributed by atoms with Crippen molar-refractivity contribution in [1.29, 1.82) is 0 Å². The molecule has 4 nitrogen and oxygen atoms in total. The third kappa shape index (κ3) is 12.4. The highest BCUT2D eigenvalue weighted by molar-refractivity contribution is 5.86. The molecule has 0 saturated heterocycles. The lowest BCUT2D eigenvalue weighted by Crippen LogP contribution is -2.01. The minimum atomic E-state index is -0.885. The van der Waals surface area contributed by atoms with E-state index >= 15 is 0 Å². The van der Waals surface area contributed by atoms with Gasteiger partial charge in [-0.15, -0.1) is 0 Å². The van der Waals surface area contributed by atoms with Crippen molar-refractivity contribution >= 4 is 11.9 Å². The predicted molar refractivity (Wildman–Crippen MR) is 67.9 cm³/mol. The molecule has 0 aromatic heterocycles. The van der Waals surface area contributed by atoms with Crippen LogP contribution in [-0.4, -0.2) is 22.2 Å². The average Bonchev–Trinajstić information content (AvgIpc) is 2.17. The Labute approximate surface area is 103 Å². The van der Waals surface area contributed by atoms with Gasteiger partial charge in [0, 0.05) is 11.1 Å². The van der Waals surface area contributed by atoms with E-state index < -0.39 is 11.9 Å². The Morgan fingerprint density at radius 3 is 1.59 bits per heavy atom. The van der Waals surface area contributed by atoms with E-state index in [4.69, 9.17) is 10.2 Å². The van der Waals surface area contributed by atoms with Crippen molar-refractivity contribution in [3.63, 3.8) is 0 Å². The Bertz CT molecular complexity index is 290. The Morgan fingerprint density at radius 2 is 1.47 bits per heavy atom. The molecule has 0 aliphatic rings. The molecule has 0 heterocycles. The fourth-order valence-electron chi connectivity index (χ4n) is 0.989. The molecule has 0 spiro atoms. The minimum absolute atomic E-state index is 0.296. The maximum Gasteiger partial charge on any atom is 0.330 e. The topological polar surface area (TPSA) is 74.6 Å². The van der Waals surface area contributed by atoms with Crippen LogP contribution in [0.25, 0.3) is 0 Å². The van der Waals surface area contributed by atoms with E-state index in [1.54, 1.807) is 0 Å². The molecule has 4 heteroatoms. The zero-order valence-electron chi connectivity index (χ0n) is 10.8. The number of hydrogen-bond acceptors (Lipinski definition) is 2. The molecular weight excluding hydrogens is 220 g/mol. The monoisotopic (exact) mass is 242 g/mol. The van der Waals surface area contributed by atoms with Crippen LogP contribution in [0.5, 0.6) is 0 Å². The SMILES string of the molecule is C=C(CC(C)C)C(=O)O.C=C(CCC)C(=O)O. The molecular formula is C13H22O4. The zero-order valence-corrected chi connectivity index (χ0v) is 10.8. The summed E-state index contributed by atoms with van der Waals surface area (Å²) in [4.78, 5) is 20.1. The lowest BCUT2D eigenvalue weighted by atomic mass is 10.1. The summed E-state index contributed by atoms with van der Waals surface area (Å²) in [6, 6.07) is 0. The molecule has 0 amide bonds. The molecule has 0 aromatic rings. The number of rotatable bonds is 6. The van der Waals surface area contributed by atoms with Gasteiger partial charge in [-0.2, -0.15) is 0 Å². The molecule has 0 aliphatic carbocycles. The lowest BCUT2D eigenvalue weighted by Gasteiger charge is -2.01. The lowest BCUT2D eigenvalue weighted by molar-refractivity contribution is -0.133. The van der Waals surface area contributed by atoms with E-state index in [0.717, 1.165) is 6.42 Å². The minimum Gasteiger partial charge on any atom is -0.478 e. The summed E-state index contributed by atoms with van der Waals surface area (Å²) < 4.78 is 0. The normalized spacial score (nSPS) is 9.18. The molecule has 0 radical (unpaired) electrons. The molecule has 0 aromatic carbocycles. The fraction of sp³-hybridized carbons (Fsp3) is 0.538. The van der Waals surface area contributed by atoms with Crippen LogP contribution in [0.2, 0.25) is 0 Å². The van der Waals surface area contributed by atoms with Crippen molar-refractivity contribution in [3.8, 4) is 0 Å². The maximum absolute atomic E-state index is 10.1. The molecule has 0 aliphatic heterocycles. The Kier molecular flexibility index (Phi) is 10.1. The summed E-state index contributed by atoms with van der Waals surface area (Å²) in [5.41, 5.74) is 0.595. The number of carbonyl (C=O) groups is 2. The molecule has 2 N–H and O–H groups in total. The van der Waals surface area contributed by atoms with Crippen molar-refractivity contribution in [2.45, 2.75) is 40.0 Å². The highest BCUT2D eigenvalue weighted by Crippen LogP contribution is 2.07. The number of carboxylic acid groups (broad SMARTS) is 2. The van der Waals surface area contributed by atoms with Gasteiger partial charge < -0.3 is 10.2 Å². The van der Waals surface area contributed by atoms with Crippen LogP contribution in [0.15, 0.2) is 24.3 Å². The molecule has 98 valence electrons. The van der Waals surface area contributed by atoms with Gasteiger partial charge in [0.2, 0.25) is 0 Å². The van der Waals surface area contributed by atoms with Gasteiger partial charge >= 0.3 is 11.9 Å². The highest BCUT2D eigenvalue weighted by atomic mass is 16.4. The Balaban J connectivity index is 0. The largest absolute Gasteiger partial charge is 0.478 e. The van der Waals surface area contributed by atoms with Gasteiger partial charge in [-0.05, 0) is 18.8 Å². The van der Waals surface area contributed by atoms with Gasteiger partial charge in [0.05, 0.1) is 0 Å². The van der Waals surface area contributed by atoms with Crippen molar-refractivity contribution in [1.82, 2.24) is 0 Å². The van der Waals surface area contributed by atoms with E-state index in [2.05, 4.69) is 13.2 Å². The molecule has 0 unspecified atom stereocenters. The van der Waals surface area contributed by atoms with E-state index in [1.807, 2.05) is 20.8 Å². The van der Waals surface area contributed by atoms with E-state index in [1.165, 1.54) is 0 Å². The predicted octanol–water partition coefficient (Wildman–Crippen LogP) is 3.10. The van der Waals surface area contributed by atoms with E-state index in [0.29, 0.717) is 29.9 Å². The third-order valence-electron chi connectivity index (χ3n) is 1.81. The number of hydrogen-bond donors (Lipinski definition) is 2. The smallest absolute Gasteiger partial charge is 0.330 e. The number of aliphatic carboxylic acids is 2. The molecule has 17 heavy (non-hydrogen) atoms. The van der Waals surface area contributed by atoms with Gasteiger partial charge in [0.25, 0.3) is 0 Å². The van der Waals surface area contributed by atoms with Gasteiger partial charge in [-0.3, -0.25) is 0 Å². The quantitative estimate of drug-likeness (QED) is 0.702. The van der Waals surface area contributed by atoms with Gasteiger partial charge in [-0.1, -0.05) is 40.3 Å². The van der Waals surface area contributed by atoms with Gasteiger partial charge in [-0.25, -0.2) is 9.59 Å². The summed E-state index contributed by atoms with van der Waals surface area (Å²) in [6.45, 7) is 12.6. The van der Waals surface area contributed by atoms with Crippen molar-refractivity contribution < 1.29 is 19.8 Å². The third-order valence-corrected chi connectivity index (χ3v) is 1.81. The zero-order chi connectivity index (χ0) is 14.0. The van der Waals surface area contributed by atoms with Gasteiger partial charge in [0.1, 0.15) is 0 Å². The highest BCUT2D eigenvalue weighted by Gasteiger charge is 2.04. The molecule has 0 fully saturated rings. The molecule has 0 bridgehead atoms. The number of carboxylic acids is 2. The van der Waals surface area contributed by atoms with Crippen LogP contribution in [0.3, 0.4) is 0 Å². The summed E-state index contributed by atoms with van der Waals surface area (Å²) in [5.74, 6) is -1.39. The van der Waals surface area contributed by atoms with Crippen LogP contribution >= 0.6 is 0 Å². The first-order valence-corrected chi connectivity index (χ1v) is 5.54. The second-order valence-corrected chi connectivity index (χ2v) is 4.17. The first kappa shape index (κ1) is 17.8. The second kappa shape index (κ2) is 9.63. The Hall–Kier alpha value is -1.58. The summed E-state index contributed by atoms with van der Waals surface area (Å²) >= 11 is 0. The molecule has 0 atom stereocenters. The van der Waals surface area contributed by atoms with Crippen molar-refractivity contribution in [3.05, 3.63) is 24.3 Å². The second-order valence-electron chi connectivity index (χ2n) is 4.17. The Morgan fingerprint density at radius 1 is 1.06 bits per heavy atom. The fourth-order valence-corrected chi connectivity index (χ4v) is 0.989. The van der Waals surface area contributed by atoms with Crippen LogP contribution < -0.4 is 0 Å². The van der Waals surface area contributed by atoms with E-state index in [-0.39, 0.29) is 0 Å². The molecule has 0 rings (SSSR count). The average molecular weight is 242 g/mol. The standard InChI is InChI=1S/C7H12O2.C6H10O2/c1-5(2)4-6(3)7(8)9;1-3-4-5(2)6(7)8/h5H,3-4H2,1-2H3,(H,8,9);2-4H2,1H3,(H,7,8). The van der Waals surface area contributed by atoms with Crippen LogP contribution in [0, 0.1) is 5.92 Å². The van der Waals surface area contributed by atoms with Gasteiger partial charge in [0.15, 0.2) is 0 Å². The maximum atomic E-state index is 10.1. The summed E-state index contributed by atoms with van der Waals surface area (Å²) in [5, 5.41) is 16.5. The van der Waals surface area contributed by atoms with Crippen molar-refractivity contribution in [2.75, 3.05) is 0 Å². The van der Waals surface area contributed by atoms with Crippen LogP contribution in [0.1, 0.15) is 40.0 Å². The van der Waals surface area contributed by atoms with Crippen LogP contribution in [0.4, 0.5) is 0 Å². The first-order valence-electron chi connectivity index (χ1n) is 5.54. The molecule has 0 saturated carbocycles. The van der Waals surface area contributed by atoms with E-state index in [9.17, 15) is 9.59 Å². The van der Waals surface area contributed by atoms with Crippen molar-refractivity contribution in [2.24, 2.45) is 5.92 Å². The summed E-state index contributed by atoms with van der Waals surface area (Å²) in [7, 11) is 0. The first-order chi connectivity index (χ1) is 7.72. The summed E-state index contributed by atoms with van der Waals surface area (Å²) in [6.07, 6.45) is 2.02.